The van der Waals surface area contributed by atoms with Crippen molar-refractivity contribution in [3.63, 3.8) is 0 Å². The van der Waals surface area contributed by atoms with Crippen molar-refractivity contribution in [1.82, 2.24) is 0 Å². The summed E-state index contributed by atoms with van der Waals surface area (Å²) in [6.07, 6.45) is -1.03. The van der Waals surface area contributed by atoms with Gasteiger partial charge in [-0.05, 0) is 31.2 Å². The van der Waals surface area contributed by atoms with Crippen LogP contribution in [0.3, 0.4) is 0 Å². The molecule has 1 N–H and O–H groups in total. The lowest BCUT2D eigenvalue weighted by molar-refractivity contribution is -0.384. The summed E-state index contributed by atoms with van der Waals surface area (Å²) in [5.74, 6) is -1.27. The first-order valence-corrected chi connectivity index (χ1v) is 7.40. The molecule has 2 aromatic rings. The molecular weight excluding hydrogens is 362 g/mol. The molecule has 126 valence electrons. The molecule has 0 radical (unpaired) electrons. The van der Waals surface area contributed by atoms with Crippen molar-refractivity contribution in [3.05, 3.63) is 62.4 Å². The summed E-state index contributed by atoms with van der Waals surface area (Å²) in [5, 5.41) is 13.6. The zero-order valence-corrected chi connectivity index (χ0v) is 13.8. The number of nitrogens with zero attached hydrogens (tertiary/aromatic N) is 1. The number of nitro benzene ring substituents is 1. The van der Waals surface area contributed by atoms with Crippen LogP contribution in [0.25, 0.3) is 0 Å². The molecule has 0 fully saturated rings. The molecule has 0 spiro atoms. The van der Waals surface area contributed by atoms with Crippen LogP contribution in [-0.2, 0) is 4.79 Å². The third-order valence-corrected chi connectivity index (χ3v) is 3.52. The van der Waals surface area contributed by atoms with Crippen molar-refractivity contribution < 1.29 is 18.8 Å². The van der Waals surface area contributed by atoms with Gasteiger partial charge in [-0.1, -0.05) is 23.2 Å². The molecule has 6 nitrogen and oxygen atoms in total. The number of halogens is 3. The van der Waals surface area contributed by atoms with Crippen LogP contribution in [0.1, 0.15) is 6.92 Å². The van der Waals surface area contributed by atoms with E-state index >= 15 is 0 Å². The van der Waals surface area contributed by atoms with Crippen LogP contribution in [-0.4, -0.2) is 16.9 Å². The normalized spacial score (nSPS) is 11.7. The lowest BCUT2D eigenvalue weighted by Crippen LogP contribution is -2.30. The summed E-state index contributed by atoms with van der Waals surface area (Å²) < 4.78 is 19.1. The lowest BCUT2D eigenvalue weighted by atomic mass is 10.2. The van der Waals surface area contributed by atoms with E-state index in [1.807, 2.05) is 0 Å². The number of nitrogens with one attached hydrogen (secondary N) is 1. The molecule has 0 unspecified atom stereocenters. The lowest BCUT2D eigenvalue weighted by Gasteiger charge is -2.16. The van der Waals surface area contributed by atoms with Gasteiger partial charge in [0.15, 0.2) is 6.10 Å². The van der Waals surface area contributed by atoms with Crippen molar-refractivity contribution in [1.29, 1.82) is 0 Å². The molecule has 9 heteroatoms. The number of nitro groups is 1. The summed E-state index contributed by atoms with van der Waals surface area (Å²) in [5.41, 5.74) is -0.659. The summed E-state index contributed by atoms with van der Waals surface area (Å²) in [4.78, 5) is 22.1. The van der Waals surface area contributed by atoms with E-state index in [1.54, 1.807) is 0 Å². The summed E-state index contributed by atoms with van der Waals surface area (Å²) >= 11 is 11.7. The first-order chi connectivity index (χ1) is 11.3. The highest BCUT2D eigenvalue weighted by atomic mass is 35.5. The summed E-state index contributed by atoms with van der Waals surface area (Å²) in [6.45, 7) is 1.43. The van der Waals surface area contributed by atoms with Crippen molar-refractivity contribution >= 4 is 40.5 Å². The molecule has 0 aliphatic heterocycles. The fraction of sp³-hybridized carbons (Fsp3) is 0.133. The number of carbonyl (C=O) groups excluding carboxylic acids is 1. The Morgan fingerprint density at radius 1 is 1.29 bits per heavy atom. The number of carbonyl (C=O) groups is 1. The summed E-state index contributed by atoms with van der Waals surface area (Å²) in [7, 11) is 0. The van der Waals surface area contributed by atoms with Crippen LogP contribution >= 0.6 is 23.2 Å². The van der Waals surface area contributed by atoms with Crippen LogP contribution in [0.2, 0.25) is 10.0 Å². The summed E-state index contributed by atoms with van der Waals surface area (Å²) in [6, 6.07) is 7.29. The van der Waals surface area contributed by atoms with E-state index in [2.05, 4.69) is 5.32 Å². The van der Waals surface area contributed by atoms with Gasteiger partial charge in [0.25, 0.3) is 11.6 Å². The van der Waals surface area contributed by atoms with Gasteiger partial charge >= 0.3 is 0 Å². The van der Waals surface area contributed by atoms with Crippen LogP contribution in [0.15, 0.2) is 36.4 Å². The van der Waals surface area contributed by atoms with Crippen LogP contribution in [0.5, 0.6) is 5.75 Å². The van der Waals surface area contributed by atoms with Gasteiger partial charge in [0, 0.05) is 17.2 Å². The average Bonchev–Trinajstić information content (AvgIpc) is 2.51. The quantitative estimate of drug-likeness (QED) is 0.620. The Morgan fingerprint density at radius 2 is 2.00 bits per heavy atom. The second kappa shape index (κ2) is 7.46. The first-order valence-electron chi connectivity index (χ1n) is 6.64. The number of hydrogen-bond acceptors (Lipinski definition) is 4. The average molecular weight is 373 g/mol. The zero-order chi connectivity index (χ0) is 17.9. The van der Waals surface area contributed by atoms with E-state index in [0.29, 0.717) is 5.02 Å². The minimum Gasteiger partial charge on any atom is -0.479 e. The third-order valence-electron chi connectivity index (χ3n) is 2.99. The Balaban J connectivity index is 2.11. The van der Waals surface area contributed by atoms with Gasteiger partial charge < -0.3 is 10.1 Å². The van der Waals surface area contributed by atoms with E-state index < -0.39 is 22.8 Å². The third kappa shape index (κ3) is 4.33. The highest BCUT2D eigenvalue weighted by molar-refractivity contribution is 6.35. The minimum absolute atomic E-state index is 0.212. The predicted octanol–water partition coefficient (Wildman–Crippen LogP) is 4.45. The second-order valence-electron chi connectivity index (χ2n) is 4.75. The molecule has 0 bridgehead atoms. The molecule has 0 saturated carbocycles. The van der Waals surface area contributed by atoms with Crippen LogP contribution in [0.4, 0.5) is 15.8 Å². The molecule has 0 saturated heterocycles. The smallest absolute Gasteiger partial charge is 0.271 e. The first kappa shape index (κ1) is 18.0. The number of benzene rings is 2. The van der Waals surface area contributed by atoms with Gasteiger partial charge in [-0.15, -0.1) is 0 Å². The van der Waals surface area contributed by atoms with Gasteiger partial charge in [0.1, 0.15) is 11.6 Å². The Hall–Kier alpha value is -2.38. The van der Waals surface area contributed by atoms with Crippen LogP contribution < -0.4 is 10.1 Å². The molecule has 2 aromatic carbocycles. The van der Waals surface area contributed by atoms with E-state index in [-0.39, 0.29) is 22.1 Å². The Morgan fingerprint density at radius 3 is 2.62 bits per heavy atom. The molecule has 24 heavy (non-hydrogen) atoms. The van der Waals surface area contributed by atoms with E-state index in [1.165, 1.54) is 25.1 Å². The molecule has 2 rings (SSSR count). The molecule has 1 amide bonds. The second-order valence-corrected chi connectivity index (χ2v) is 5.59. The minimum atomic E-state index is -1.03. The number of non-ortho nitro benzene ring substituents is 1. The number of rotatable bonds is 5. The van der Waals surface area contributed by atoms with Gasteiger partial charge in [-0.2, -0.15) is 0 Å². The van der Waals surface area contributed by atoms with E-state index in [4.69, 9.17) is 27.9 Å². The monoisotopic (exact) mass is 372 g/mol. The number of anilines is 1. The molecular formula is C15H11Cl2FN2O4. The molecule has 1 atom stereocenters. The van der Waals surface area contributed by atoms with Gasteiger partial charge in [0.05, 0.1) is 15.6 Å². The van der Waals surface area contributed by atoms with Crippen molar-refractivity contribution in [2.75, 3.05) is 5.32 Å². The number of hydrogen-bond donors (Lipinski definition) is 1. The molecule has 0 aliphatic rings. The zero-order valence-electron chi connectivity index (χ0n) is 12.3. The fourth-order valence-electron chi connectivity index (χ4n) is 1.77. The predicted molar refractivity (Wildman–Crippen MR) is 88.2 cm³/mol. The van der Waals surface area contributed by atoms with Crippen molar-refractivity contribution in [3.8, 4) is 5.75 Å². The topological polar surface area (TPSA) is 81.5 Å². The highest BCUT2D eigenvalue weighted by Crippen LogP contribution is 2.28. The van der Waals surface area contributed by atoms with Gasteiger partial charge in [-0.3, -0.25) is 14.9 Å². The van der Waals surface area contributed by atoms with E-state index in [0.717, 1.165) is 18.2 Å². The maximum atomic E-state index is 13.7. The standard InChI is InChI=1S/C15H11Cl2FN2O4/c1-8(24-14-5-2-9(16)6-11(14)17)15(21)19-13-7-10(20(22)23)3-4-12(13)18/h2-8H,1H3,(H,19,21)/t8-/m1/s1. The van der Waals surface area contributed by atoms with Gasteiger partial charge in [-0.25, -0.2) is 4.39 Å². The molecule has 0 aromatic heterocycles. The Labute approximate surface area is 146 Å². The SMILES string of the molecule is C[C@@H](Oc1ccc(Cl)cc1Cl)C(=O)Nc1cc([N+](=O)[O-])ccc1F. The van der Waals surface area contributed by atoms with Crippen molar-refractivity contribution in [2.45, 2.75) is 13.0 Å². The van der Waals surface area contributed by atoms with Gasteiger partial charge in [0.2, 0.25) is 0 Å². The fourth-order valence-corrected chi connectivity index (χ4v) is 2.22. The molecule has 0 heterocycles. The molecule has 0 aliphatic carbocycles. The van der Waals surface area contributed by atoms with Crippen molar-refractivity contribution in [2.24, 2.45) is 0 Å². The maximum Gasteiger partial charge on any atom is 0.271 e. The maximum absolute atomic E-state index is 13.7. The van der Waals surface area contributed by atoms with E-state index in [9.17, 15) is 19.3 Å². The Bertz CT molecular complexity index is 801. The van der Waals surface area contributed by atoms with Crippen LogP contribution in [0, 0.1) is 15.9 Å². The Kier molecular flexibility index (Phi) is 5.58. The number of ether oxygens (including phenoxy) is 1. The number of amides is 1. The highest BCUT2D eigenvalue weighted by Gasteiger charge is 2.19. The largest absolute Gasteiger partial charge is 0.479 e.